The van der Waals surface area contributed by atoms with Crippen molar-refractivity contribution in [3.05, 3.63) is 18.2 Å². The molecule has 4 nitrogen and oxygen atoms in total. The molecular weight excluding hydrogens is 192 g/mol. The van der Waals surface area contributed by atoms with Crippen molar-refractivity contribution in [2.75, 3.05) is 0 Å². The molecule has 84 valence electrons. The summed E-state index contributed by atoms with van der Waals surface area (Å²) in [5, 5.41) is 8.43. The number of carbonyl (C=O) groups is 1. The normalized spacial score (nSPS) is 10.4. The number of nitrogens with one attached hydrogen (secondary N) is 1. The molecule has 0 unspecified atom stereocenters. The number of aliphatic carboxylic acids is 1. The van der Waals surface area contributed by atoms with Gasteiger partial charge < -0.3 is 10.1 Å². The predicted octanol–water partition coefficient (Wildman–Crippen LogP) is 2.38. The van der Waals surface area contributed by atoms with E-state index >= 15 is 0 Å². The Labute approximate surface area is 89.7 Å². The van der Waals surface area contributed by atoms with Gasteiger partial charge >= 0.3 is 5.97 Å². The fourth-order valence-electron chi connectivity index (χ4n) is 1.53. The smallest absolute Gasteiger partial charge is 0.303 e. The average molecular weight is 210 g/mol. The van der Waals surface area contributed by atoms with Gasteiger partial charge in [0.1, 0.15) is 5.82 Å². The maximum Gasteiger partial charge on any atom is 0.303 e. The summed E-state index contributed by atoms with van der Waals surface area (Å²) in [6, 6.07) is 0. The van der Waals surface area contributed by atoms with Crippen LogP contribution in [0.4, 0.5) is 0 Å². The molecule has 1 heterocycles. The van der Waals surface area contributed by atoms with Crippen molar-refractivity contribution in [2.45, 2.75) is 44.9 Å². The summed E-state index contributed by atoms with van der Waals surface area (Å²) in [5.74, 6) is 0.353. The van der Waals surface area contributed by atoms with Crippen molar-refractivity contribution in [2.24, 2.45) is 0 Å². The minimum atomic E-state index is -0.689. The van der Waals surface area contributed by atoms with Crippen LogP contribution in [-0.2, 0) is 11.2 Å². The van der Waals surface area contributed by atoms with Gasteiger partial charge in [0, 0.05) is 25.2 Å². The van der Waals surface area contributed by atoms with E-state index in [9.17, 15) is 4.79 Å². The van der Waals surface area contributed by atoms with Gasteiger partial charge in [-0.3, -0.25) is 4.79 Å². The molecule has 0 bridgehead atoms. The lowest BCUT2D eigenvalue weighted by atomic mass is 10.1. The third kappa shape index (κ3) is 5.88. The first-order chi connectivity index (χ1) is 7.29. The van der Waals surface area contributed by atoms with E-state index in [0.717, 1.165) is 44.3 Å². The van der Waals surface area contributed by atoms with Crippen LogP contribution in [0, 0.1) is 0 Å². The van der Waals surface area contributed by atoms with E-state index < -0.39 is 5.97 Å². The molecule has 0 aromatic carbocycles. The Morgan fingerprint density at radius 3 is 2.67 bits per heavy atom. The molecule has 0 radical (unpaired) electrons. The molecular formula is C11H18N2O2. The van der Waals surface area contributed by atoms with Crippen LogP contribution in [0.1, 0.15) is 44.3 Å². The monoisotopic (exact) mass is 210 g/mol. The quantitative estimate of drug-likeness (QED) is 0.647. The van der Waals surface area contributed by atoms with Crippen molar-refractivity contribution < 1.29 is 9.90 Å². The third-order valence-corrected chi connectivity index (χ3v) is 2.36. The Bertz CT molecular complexity index is 270. The molecule has 0 amide bonds. The van der Waals surface area contributed by atoms with E-state index in [-0.39, 0.29) is 0 Å². The molecule has 0 saturated carbocycles. The van der Waals surface area contributed by atoms with Gasteiger partial charge in [0.15, 0.2) is 0 Å². The highest BCUT2D eigenvalue weighted by molar-refractivity contribution is 5.66. The number of hydrogen-bond acceptors (Lipinski definition) is 2. The molecule has 1 rings (SSSR count). The van der Waals surface area contributed by atoms with E-state index in [4.69, 9.17) is 5.11 Å². The Kier molecular flexibility index (Phi) is 5.51. The summed E-state index contributed by atoms with van der Waals surface area (Å²) in [5.41, 5.74) is 0. The first kappa shape index (κ1) is 11.8. The van der Waals surface area contributed by atoms with Crippen molar-refractivity contribution in [3.8, 4) is 0 Å². The second-order valence-corrected chi connectivity index (χ2v) is 3.70. The highest BCUT2D eigenvalue weighted by Gasteiger charge is 1.97. The van der Waals surface area contributed by atoms with Crippen LogP contribution in [0.3, 0.4) is 0 Å². The molecule has 0 aliphatic carbocycles. The molecule has 4 heteroatoms. The number of unbranched alkanes of at least 4 members (excludes halogenated alkanes) is 4. The zero-order chi connectivity index (χ0) is 10.9. The van der Waals surface area contributed by atoms with Crippen LogP contribution in [0.2, 0.25) is 0 Å². The van der Waals surface area contributed by atoms with Gasteiger partial charge in [0.05, 0.1) is 0 Å². The average Bonchev–Trinajstić information content (AvgIpc) is 2.68. The standard InChI is InChI=1S/C11H18N2O2/c14-11(15)7-5-3-1-2-4-6-10-12-8-9-13-10/h8-9H,1-7H2,(H,12,13)(H,14,15). The summed E-state index contributed by atoms with van der Waals surface area (Å²) in [6.45, 7) is 0. The summed E-state index contributed by atoms with van der Waals surface area (Å²) in [6.07, 6.45) is 10.1. The maximum absolute atomic E-state index is 10.2. The highest BCUT2D eigenvalue weighted by atomic mass is 16.4. The topological polar surface area (TPSA) is 66.0 Å². The Morgan fingerprint density at radius 1 is 1.27 bits per heavy atom. The fraction of sp³-hybridized carbons (Fsp3) is 0.636. The first-order valence-corrected chi connectivity index (χ1v) is 5.49. The van der Waals surface area contributed by atoms with Gasteiger partial charge in [-0.15, -0.1) is 0 Å². The number of carboxylic acids is 1. The number of H-pyrrole nitrogens is 1. The Hall–Kier alpha value is -1.32. The lowest BCUT2D eigenvalue weighted by Crippen LogP contribution is -1.94. The number of aromatic nitrogens is 2. The lowest BCUT2D eigenvalue weighted by molar-refractivity contribution is -0.137. The molecule has 15 heavy (non-hydrogen) atoms. The SMILES string of the molecule is O=C(O)CCCCCCCc1ncc[nH]1. The summed E-state index contributed by atoms with van der Waals surface area (Å²) >= 11 is 0. The van der Waals surface area contributed by atoms with Crippen LogP contribution in [0.15, 0.2) is 12.4 Å². The lowest BCUT2D eigenvalue weighted by Gasteiger charge is -1.99. The van der Waals surface area contributed by atoms with Crippen molar-refractivity contribution in [1.82, 2.24) is 9.97 Å². The largest absolute Gasteiger partial charge is 0.481 e. The molecule has 0 atom stereocenters. The van der Waals surface area contributed by atoms with E-state index in [1.807, 2.05) is 6.20 Å². The number of rotatable bonds is 8. The van der Waals surface area contributed by atoms with Gasteiger partial charge in [-0.25, -0.2) is 4.98 Å². The predicted molar refractivity (Wildman–Crippen MR) is 57.6 cm³/mol. The minimum Gasteiger partial charge on any atom is -0.481 e. The van der Waals surface area contributed by atoms with Crippen LogP contribution < -0.4 is 0 Å². The molecule has 1 aromatic rings. The van der Waals surface area contributed by atoms with Gasteiger partial charge in [0.2, 0.25) is 0 Å². The molecule has 0 aliphatic rings. The molecule has 0 aliphatic heterocycles. The fourth-order valence-corrected chi connectivity index (χ4v) is 1.53. The van der Waals surface area contributed by atoms with Crippen molar-refractivity contribution >= 4 is 5.97 Å². The summed E-state index contributed by atoms with van der Waals surface area (Å²) < 4.78 is 0. The van der Waals surface area contributed by atoms with Gasteiger partial charge in [0.25, 0.3) is 0 Å². The second-order valence-electron chi connectivity index (χ2n) is 3.70. The molecule has 0 saturated heterocycles. The zero-order valence-electron chi connectivity index (χ0n) is 8.91. The van der Waals surface area contributed by atoms with E-state index in [2.05, 4.69) is 9.97 Å². The highest BCUT2D eigenvalue weighted by Crippen LogP contribution is 2.07. The van der Waals surface area contributed by atoms with Crippen LogP contribution >= 0.6 is 0 Å². The number of imidazole rings is 1. The third-order valence-electron chi connectivity index (χ3n) is 2.36. The number of nitrogens with zero attached hydrogens (tertiary/aromatic N) is 1. The second kappa shape index (κ2) is 7.04. The van der Waals surface area contributed by atoms with E-state index in [0.29, 0.717) is 6.42 Å². The Balaban J connectivity index is 1.87. The first-order valence-electron chi connectivity index (χ1n) is 5.49. The van der Waals surface area contributed by atoms with Crippen molar-refractivity contribution in [1.29, 1.82) is 0 Å². The van der Waals surface area contributed by atoms with Crippen LogP contribution in [0.5, 0.6) is 0 Å². The van der Waals surface area contributed by atoms with Crippen LogP contribution in [-0.4, -0.2) is 21.0 Å². The number of aromatic amines is 1. The number of hydrogen-bond donors (Lipinski definition) is 2. The summed E-state index contributed by atoms with van der Waals surface area (Å²) in [7, 11) is 0. The van der Waals surface area contributed by atoms with E-state index in [1.165, 1.54) is 0 Å². The number of carboxylic acid groups (broad SMARTS) is 1. The van der Waals surface area contributed by atoms with E-state index in [1.54, 1.807) is 6.20 Å². The molecule has 2 N–H and O–H groups in total. The molecule has 1 aromatic heterocycles. The minimum absolute atomic E-state index is 0.304. The van der Waals surface area contributed by atoms with Gasteiger partial charge in [-0.2, -0.15) is 0 Å². The summed E-state index contributed by atoms with van der Waals surface area (Å²) in [4.78, 5) is 17.4. The van der Waals surface area contributed by atoms with Crippen molar-refractivity contribution in [3.63, 3.8) is 0 Å². The maximum atomic E-state index is 10.2. The number of aryl methyl sites for hydroxylation is 1. The molecule has 0 fully saturated rings. The van der Waals surface area contributed by atoms with Gasteiger partial charge in [-0.05, 0) is 12.8 Å². The molecule has 0 spiro atoms. The van der Waals surface area contributed by atoms with Gasteiger partial charge in [-0.1, -0.05) is 19.3 Å². The zero-order valence-corrected chi connectivity index (χ0v) is 8.91. The van der Waals surface area contributed by atoms with Crippen LogP contribution in [0.25, 0.3) is 0 Å². The Morgan fingerprint density at radius 2 is 2.00 bits per heavy atom.